The maximum Gasteiger partial charge on any atom is 0.304 e. The lowest BCUT2D eigenvalue weighted by Gasteiger charge is -2.40. The zero-order valence-corrected chi connectivity index (χ0v) is 25.2. The number of anilines is 2. The standard InChI is InChI=1S/C26H32BrN7O3S2/c1-16-4-3-6-33(16)14-21-24(20-10-18(27)15-38-20)30-26(39-21)31-25(37)19-11-29-22(12-28-19)34-9-8-32(17(2)13-34)7-5-23(35)36/h10-12,15-17H,3-9,13-14H2,1-2H3,(H,35,36)(H,30,31,37)/t16-,17+/m1/s1. The van der Waals surface area contributed by atoms with Crippen LogP contribution in [-0.2, 0) is 11.3 Å². The summed E-state index contributed by atoms with van der Waals surface area (Å²) < 4.78 is 1.02. The van der Waals surface area contributed by atoms with Crippen LogP contribution in [0, 0.1) is 0 Å². The van der Waals surface area contributed by atoms with Crippen molar-refractivity contribution in [2.75, 3.05) is 42.9 Å². The minimum Gasteiger partial charge on any atom is -0.481 e. The van der Waals surface area contributed by atoms with Crippen LogP contribution in [0.4, 0.5) is 10.9 Å². The van der Waals surface area contributed by atoms with Crippen LogP contribution in [0.3, 0.4) is 0 Å². The molecular formula is C26H32BrN7O3S2. The highest BCUT2D eigenvalue weighted by Gasteiger charge is 2.26. The number of hydrogen-bond acceptors (Lipinski definition) is 10. The molecule has 208 valence electrons. The molecule has 1 amide bonds. The number of carbonyl (C=O) groups excluding carboxylic acids is 1. The molecule has 0 bridgehead atoms. The van der Waals surface area contributed by atoms with Crippen LogP contribution in [-0.4, -0.2) is 86.5 Å². The summed E-state index contributed by atoms with van der Waals surface area (Å²) in [4.78, 5) is 46.7. The van der Waals surface area contributed by atoms with Crippen LogP contribution < -0.4 is 10.2 Å². The highest BCUT2D eigenvalue weighted by atomic mass is 79.9. The molecule has 2 aliphatic heterocycles. The molecule has 39 heavy (non-hydrogen) atoms. The fourth-order valence-corrected chi connectivity index (χ4v) is 7.60. The highest BCUT2D eigenvalue weighted by molar-refractivity contribution is 9.10. The van der Waals surface area contributed by atoms with Gasteiger partial charge in [0.05, 0.1) is 29.4 Å². The molecule has 2 N–H and O–H groups in total. The Morgan fingerprint density at radius 2 is 2.00 bits per heavy atom. The summed E-state index contributed by atoms with van der Waals surface area (Å²) in [6.45, 7) is 8.98. The number of rotatable bonds is 9. The number of amides is 1. The summed E-state index contributed by atoms with van der Waals surface area (Å²) in [5.41, 5.74) is 1.15. The molecule has 0 unspecified atom stereocenters. The lowest BCUT2D eigenvalue weighted by atomic mass is 10.2. The smallest absolute Gasteiger partial charge is 0.304 e. The average molecular weight is 635 g/mol. The Morgan fingerprint density at radius 3 is 2.64 bits per heavy atom. The van der Waals surface area contributed by atoms with Crippen LogP contribution in [0.1, 0.15) is 48.5 Å². The van der Waals surface area contributed by atoms with Crippen LogP contribution in [0.15, 0.2) is 28.3 Å². The van der Waals surface area contributed by atoms with E-state index in [2.05, 4.69) is 65.8 Å². The third kappa shape index (κ3) is 6.83. The van der Waals surface area contributed by atoms with Crippen LogP contribution in [0.2, 0.25) is 0 Å². The van der Waals surface area contributed by atoms with Gasteiger partial charge < -0.3 is 10.0 Å². The van der Waals surface area contributed by atoms with Crippen molar-refractivity contribution < 1.29 is 14.7 Å². The van der Waals surface area contributed by atoms with E-state index < -0.39 is 5.97 Å². The first kappa shape index (κ1) is 28.1. The summed E-state index contributed by atoms with van der Waals surface area (Å²) in [6.07, 6.45) is 5.68. The second-order valence-corrected chi connectivity index (χ2v) is 13.0. The molecule has 10 nitrogen and oxygen atoms in total. The van der Waals surface area contributed by atoms with E-state index in [-0.39, 0.29) is 24.1 Å². The fraction of sp³-hybridized carbons (Fsp3) is 0.500. The van der Waals surface area contributed by atoms with Crippen molar-refractivity contribution in [1.29, 1.82) is 0 Å². The van der Waals surface area contributed by atoms with Gasteiger partial charge in [-0.1, -0.05) is 11.3 Å². The molecule has 13 heteroatoms. The molecule has 0 saturated carbocycles. The van der Waals surface area contributed by atoms with Gasteiger partial charge in [-0.2, -0.15) is 0 Å². The van der Waals surface area contributed by atoms with Gasteiger partial charge in [-0.25, -0.2) is 15.0 Å². The Hall–Kier alpha value is -2.45. The van der Waals surface area contributed by atoms with Crippen molar-refractivity contribution >= 4 is 61.4 Å². The summed E-state index contributed by atoms with van der Waals surface area (Å²) in [5, 5.41) is 14.5. The lowest BCUT2D eigenvalue weighted by molar-refractivity contribution is -0.137. The van der Waals surface area contributed by atoms with Crippen molar-refractivity contribution in [1.82, 2.24) is 24.8 Å². The number of carbonyl (C=O) groups is 2. The number of halogens is 1. The monoisotopic (exact) mass is 633 g/mol. The molecular weight excluding hydrogens is 602 g/mol. The number of hydrogen-bond donors (Lipinski definition) is 2. The molecule has 0 aliphatic carbocycles. The van der Waals surface area contributed by atoms with Gasteiger partial charge in [0, 0.05) is 59.5 Å². The fourth-order valence-electron chi connectivity index (χ4n) is 5.09. The van der Waals surface area contributed by atoms with Crippen molar-refractivity contribution in [2.24, 2.45) is 0 Å². The summed E-state index contributed by atoms with van der Waals surface area (Å²) in [6, 6.07) is 2.81. The van der Waals surface area contributed by atoms with Gasteiger partial charge in [0.2, 0.25) is 0 Å². The van der Waals surface area contributed by atoms with E-state index in [0.717, 1.165) is 52.6 Å². The van der Waals surface area contributed by atoms with Crippen LogP contribution >= 0.6 is 38.6 Å². The van der Waals surface area contributed by atoms with Gasteiger partial charge in [0.1, 0.15) is 11.5 Å². The summed E-state index contributed by atoms with van der Waals surface area (Å²) in [7, 11) is 0. The second-order valence-electron chi connectivity index (χ2n) is 10.1. The number of aromatic nitrogens is 3. The number of thiazole rings is 1. The maximum absolute atomic E-state index is 13.1. The number of carboxylic acids is 1. The molecule has 3 aromatic rings. The van der Waals surface area contributed by atoms with Gasteiger partial charge >= 0.3 is 5.97 Å². The topological polar surface area (TPSA) is 115 Å². The molecule has 0 spiro atoms. The normalized spacial score (nSPS) is 20.4. The molecule has 0 radical (unpaired) electrons. The van der Waals surface area contributed by atoms with Gasteiger partial charge in [0.15, 0.2) is 5.13 Å². The molecule has 2 aliphatic rings. The minimum atomic E-state index is -0.782. The number of nitrogens with zero attached hydrogens (tertiary/aromatic N) is 6. The van der Waals surface area contributed by atoms with E-state index in [1.165, 1.54) is 30.4 Å². The number of carboxylic acid groups (broad SMARTS) is 1. The van der Waals surface area contributed by atoms with E-state index in [0.29, 0.717) is 23.5 Å². The van der Waals surface area contributed by atoms with E-state index in [9.17, 15) is 9.59 Å². The van der Waals surface area contributed by atoms with Gasteiger partial charge in [-0.05, 0) is 55.2 Å². The van der Waals surface area contributed by atoms with E-state index in [1.54, 1.807) is 17.5 Å². The zero-order valence-electron chi connectivity index (χ0n) is 22.0. The predicted octanol–water partition coefficient (Wildman–Crippen LogP) is 4.65. The summed E-state index contributed by atoms with van der Waals surface area (Å²) >= 11 is 6.70. The van der Waals surface area contributed by atoms with E-state index >= 15 is 0 Å². The number of likely N-dealkylation sites (tertiary alicyclic amines) is 1. The molecule has 5 heterocycles. The second kappa shape index (κ2) is 12.4. The van der Waals surface area contributed by atoms with Gasteiger partial charge in [0.25, 0.3) is 5.91 Å². The average Bonchev–Trinajstić information content (AvgIpc) is 3.63. The molecule has 3 aromatic heterocycles. The largest absolute Gasteiger partial charge is 0.481 e. The first-order chi connectivity index (χ1) is 18.8. The van der Waals surface area contributed by atoms with Crippen molar-refractivity contribution in [2.45, 2.75) is 51.7 Å². The first-order valence-corrected chi connectivity index (χ1v) is 15.6. The molecule has 2 saturated heterocycles. The number of thiophene rings is 1. The molecule has 5 rings (SSSR count). The summed E-state index contributed by atoms with van der Waals surface area (Å²) in [5.74, 6) is -0.414. The SMILES string of the molecule is C[C@@H]1CCCN1Cc1sc(NC(=O)c2cnc(N3CCN(CCC(=O)O)[C@@H](C)C3)cn2)nc1-c1cc(Br)cs1. The Labute approximate surface area is 244 Å². The van der Waals surface area contributed by atoms with Crippen molar-refractivity contribution in [3.8, 4) is 10.6 Å². The first-order valence-electron chi connectivity index (χ1n) is 13.1. The highest BCUT2D eigenvalue weighted by Crippen LogP contribution is 2.38. The van der Waals surface area contributed by atoms with Crippen LogP contribution in [0.25, 0.3) is 10.6 Å². The maximum atomic E-state index is 13.1. The third-order valence-electron chi connectivity index (χ3n) is 7.33. The predicted molar refractivity (Wildman–Crippen MR) is 158 cm³/mol. The Bertz CT molecular complexity index is 1320. The minimum absolute atomic E-state index is 0.137. The molecule has 0 aromatic carbocycles. The van der Waals surface area contributed by atoms with Crippen LogP contribution in [0.5, 0.6) is 0 Å². The quantitative estimate of drug-likeness (QED) is 0.347. The number of nitrogens with one attached hydrogen (secondary N) is 1. The van der Waals surface area contributed by atoms with E-state index in [1.807, 2.05) is 5.38 Å². The van der Waals surface area contributed by atoms with Crippen molar-refractivity contribution in [3.05, 3.63) is 38.9 Å². The number of aliphatic carboxylic acids is 1. The molecule has 2 fully saturated rings. The van der Waals surface area contributed by atoms with Crippen molar-refractivity contribution in [3.63, 3.8) is 0 Å². The Morgan fingerprint density at radius 1 is 1.15 bits per heavy atom. The van der Waals surface area contributed by atoms with E-state index in [4.69, 9.17) is 10.1 Å². The zero-order chi connectivity index (χ0) is 27.5. The Balaban J connectivity index is 1.25. The third-order valence-corrected chi connectivity index (χ3v) is 9.98. The molecule has 2 atom stereocenters. The number of piperazine rings is 1. The van der Waals surface area contributed by atoms with Gasteiger partial charge in [-0.3, -0.25) is 24.7 Å². The lowest BCUT2D eigenvalue weighted by Crippen LogP contribution is -2.52. The Kier molecular flexibility index (Phi) is 8.92. The van der Waals surface area contributed by atoms with Gasteiger partial charge in [-0.15, -0.1) is 11.3 Å².